The van der Waals surface area contributed by atoms with Crippen molar-refractivity contribution in [3.63, 3.8) is 0 Å². The molecule has 0 heterocycles. The van der Waals surface area contributed by atoms with Crippen LogP contribution in [0.1, 0.15) is 136 Å². The first-order valence-corrected chi connectivity index (χ1v) is 13.6. The summed E-state index contributed by atoms with van der Waals surface area (Å²) in [6, 6.07) is -0.440. The van der Waals surface area contributed by atoms with Gasteiger partial charge in [0.25, 0.3) is 5.91 Å². The summed E-state index contributed by atoms with van der Waals surface area (Å²) >= 11 is 0. The number of hydrogen-bond donors (Lipinski definition) is 2. The molecule has 33 heavy (non-hydrogen) atoms. The minimum atomic E-state index is -0.914. The molecule has 0 aromatic carbocycles. The van der Waals surface area contributed by atoms with Crippen molar-refractivity contribution in [2.45, 2.75) is 142 Å². The van der Waals surface area contributed by atoms with Gasteiger partial charge in [0.2, 0.25) is 5.78 Å². The predicted octanol–water partition coefficient (Wildman–Crippen LogP) is 6.59. The highest BCUT2D eigenvalue weighted by Gasteiger charge is 2.19. The third-order valence-electron chi connectivity index (χ3n) is 6.01. The normalized spacial score (nSPS) is 11.9. The molecule has 6 nitrogen and oxygen atoms in total. The maximum absolute atomic E-state index is 12.3. The van der Waals surface area contributed by atoms with Crippen molar-refractivity contribution in [1.29, 1.82) is 0 Å². The van der Waals surface area contributed by atoms with E-state index in [-0.39, 0.29) is 25.9 Å². The van der Waals surface area contributed by atoms with E-state index in [1.165, 1.54) is 70.6 Å². The number of carboxylic acids is 1. The van der Waals surface area contributed by atoms with Crippen LogP contribution in [0.2, 0.25) is 0 Å². The number of carbonyl (C=O) groups excluding carboxylic acids is 2. The van der Waals surface area contributed by atoms with Crippen molar-refractivity contribution in [3.05, 3.63) is 0 Å². The van der Waals surface area contributed by atoms with E-state index >= 15 is 0 Å². The van der Waals surface area contributed by atoms with E-state index < -0.39 is 23.7 Å². The van der Waals surface area contributed by atoms with Crippen LogP contribution in [0, 0.1) is 0 Å². The molecule has 1 amide bonds. The summed E-state index contributed by atoms with van der Waals surface area (Å²) in [7, 11) is 0. The molecule has 0 spiro atoms. The predicted molar refractivity (Wildman–Crippen MR) is 134 cm³/mol. The Labute approximate surface area is 202 Å². The van der Waals surface area contributed by atoms with Crippen LogP contribution in [0.15, 0.2) is 0 Å². The highest BCUT2D eigenvalue weighted by molar-refractivity contribution is 6.36. The van der Waals surface area contributed by atoms with E-state index in [1.54, 1.807) is 0 Å². The van der Waals surface area contributed by atoms with Gasteiger partial charge in [-0.2, -0.15) is 0 Å². The van der Waals surface area contributed by atoms with Crippen LogP contribution in [-0.2, 0) is 19.1 Å². The SMILES string of the molecule is CCCCCCCCCCOC[C@H](CCC(=O)O)NC(=O)C(=O)CCCCCCCCCC. The maximum Gasteiger partial charge on any atom is 0.303 e. The van der Waals surface area contributed by atoms with Crippen LogP contribution in [0.3, 0.4) is 0 Å². The molecule has 0 aliphatic rings. The summed E-state index contributed by atoms with van der Waals surface area (Å²) in [6.45, 7) is 5.27. The van der Waals surface area contributed by atoms with E-state index in [0.717, 1.165) is 32.1 Å². The molecule has 0 saturated heterocycles. The molecule has 0 aliphatic heterocycles. The molecule has 0 radical (unpaired) electrons. The number of ether oxygens (including phenoxy) is 1. The molecule has 6 heteroatoms. The van der Waals surface area contributed by atoms with Crippen molar-refractivity contribution in [3.8, 4) is 0 Å². The number of nitrogens with one attached hydrogen (secondary N) is 1. The second-order valence-electron chi connectivity index (χ2n) is 9.30. The summed E-state index contributed by atoms with van der Waals surface area (Å²) in [6.07, 6.45) is 19.2. The first-order chi connectivity index (χ1) is 16.0. The number of rotatable bonds is 25. The first-order valence-electron chi connectivity index (χ1n) is 13.6. The van der Waals surface area contributed by atoms with E-state index in [9.17, 15) is 14.4 Å². The molecule has 194 valence electrons. The summed E-state index contributed by atoms with van der Waals surface area (Å²) < 4.78 is 5.69. The van der Waals surface area contributed by atoms with Gasteiger partial charge in [0.15, 0.2) is 0 Å². The lowest BCUT2D eigenvalue weighted by Gasteiger charge is -2.18. The molecule has 0 bridgehead atoms. The topological polar surface area (TPSA) is 92.7 Å². The van der Waals surface area contributed by atoms with Crippen LogP contribution < -0.4 is 5.32 Å². The number of Topliss-reactive ketones (excluding diaryl/α,β-unsaturated/α-hetero) is 1. The monoisotopic (exact) mass is 469 g/mol. The zero-order valence-corrected chi connectivity index (χ0v) is 21.5. The van der Waals surface area contributed by atoms with Gasteiger partial charge in [0.05, 0.1) is 12.6 Å². The summed E-state index contributed by atoms with van der Waals surface area (Å²) in [5, 5.41) is 11.7. The second-order valence-corrected chi connectivity index (χ2v) is 9.30. The van der Waals surface area contributed by atoms with Crippen LogP contribution in [0.5, 0.6) is 0 Å². The Kier molecular flexibility index (Phi) is 22.7. The Balaban J connectivity index is 4.02. The van der Waals surface area contributed by atoms with Crippen molar-refractivity contribution >= 4 is 17.7 Å². The summed E-state index contributed by atoms with van der Waals surface area (Å²) in [4.78, 5) is 35.3. The molecule has 0 aromatic rings. The van der Waals surface area contributed by atoms with Gasteiger partial charge < -0.3 is 15.2 Å². The van der Waals surface area contributed by atoms with Crippen LogP contribution >= 0.6 is 0 Å². The number of hydrogen-bond acceptors (Lipinski definition) is 4. The lowest BCUT2D eigenvalue weighted by atomic mass is 10.1. The molecular formula is C27H51NO5. The number of amides is 1. The third kappa shape index (κ3) is 22.1. The zero-order valence-electron chi connectivity index (χ0n) is 21.5. The Morgan fingerprint density at radius 1 is 0.697 bits per heavy atom. The largest absolute Gasteiger partial charge is 0.481 e. The maximum atomic E-state index is 12.3. The molecule has 0 fully saturated rings. The Morgan fingerprint density at radius 2 is 1.18 bits per heavy atom. The molecule has 0 aliphatic carbocycles. The molecular weight excluding hydrogens is 418 g/mol. The lowest BCUT2D eigenvalue weighted by Crippen LogP contribution is -2.42. The summed E-state index contributed by atoms with van der Waals surface area (Å²) in [5.41, 5.74) is 0. The number of carbonyl (C=O) groups is 3. The fourth-order valence-corrected chi connectivity index (χ4v) is 3.86. The van der Waals surface area contributed by atoms with Gasteiger partial charge >= 0.3 is 5.97 Å². The number of unbranched alkanes of at least 4 members (excludes halogenated alkanes) is 14. The van der Waals surface area contributed by atoms with E-state index in [0.29, 0.717) is 6.61 Å². The van der Waals surface area contributed by atoms with Gasteiger partial charge in [-0.3, -0.25) is 14.4 Å². The van der Waals surface area contributed by atoms with Crippen LogP contribution in [-0.4, -0.2) is 42.0 Å². The first kappa shape index (κ1) is 31.6. The smallest absolute Gasteiger partial charge is 0.303 e. The molecule has 2 N–H and O–H groups in total. The standard InChI is InChI=1S/C27H51NO5/c1-3-5-7-9-11-13-15-17-19-25(29)27(32)28-24(20-21-26(30)31)23-33-22-18-16-14-12-10-8-6-4-2/h24H,3-23H2,1-2H3,(H,28,32)(H,30,31)/t24-/m0/s1. The van der Waals surface area contributed by atoms with E-state index in [2.05, 4.69) is 19.2 Å². The molecule has 0 saturated carbocycles. The summed E-state index contributed by atoms with van der Waals surface area (Å²) in [5.74, 6) is -1.93. The van der Waals surface area contributed by atoms with Crippen molar-refractivity contribution in [2.24, 2.45) is 0 Å². The quantitative estimate of drug-likeness (QED) is 0.116. The van der Waals surface area contributed by atoms with Gasteiger partial charge in [0, 0.05) is 19.4 Å². The molecule has 0 unspecified atom stereocenters. The van der Waals surface area contributed by atoms with Crippen LogP contribution in [0.4, 0.5) is 0 Å². The van der Waals surface area contributed by atoms with Gasteiger partial charge in [0.1, 0.15) is 0 Å². The Morgan fingerprint density at radius 3 is 1.70 bits per heavy atom. The van der Waals surface area contributed by atoms with E-state index in [4.69, 9.17) is 9.84 Å². The fourth-order valence-electron chi connectivity index (χ4n) is 3.86. The second kappa shape index (κ2) is 23.7. The van der Waals surface area contributed by atoms with Crippen molar-refractivity contribution in [1.82, 2.24) is 5.32 Å². The Hall–Kier alpha value is -1.43. The van der Waals surface area contributed by atoms with Crippen molar-refractivity contribution < 1.29 is 24.2 Å². The number of ketones is 1. The average Bonchev–Trinajstić information content (AvgIpc) is 2.79. The van der Waals surface area contributed by atoms with Gasteiger partial charge in [-0.15, -0.1) is 0 Å². The number of aliphatic carboxylic acids is 1. The molecule has 1 atom stereocenters. The van der Waals surface area contributed by atoms with Gasteiger partial charge in [-0.1, -0.05) is 104 Å². The van der Waals surface area contributed by atoms with Gasteiger partial charge in [-0.25, -0.2) is 0 Å². The minimum Gasteiger partial charge on any atom is -0.481 e. The van der Waals surface area contributed by atoms with Crippen molar-refractivity contribution in [2.75, 3.05) is 13.2 Å². The highest BCUT2D eigenvalue weighted by atomic mass is 16.5. The van der Waals surface area contributed by atoms with Gasteiger partial charge in [-0.05, 0) is 19.3 Å². The van der Waals surface area contributed by atoms with Crippen LogP contribution in [0.25, 0.3) is 0 Å². The average molecular weight is 470 g/mol. The number of carboxylic acid groups (broad SMARTS) is 1. The highest BCUT2D eigenvalue weighted by Crippen LogP contribution is 2.11. The zero-order chi connectivity index (χ0) is 24.6. The minimum absolute atomic E-state index is 0.0573. The lowest BCUT2D eigenvalue weighted by molar-refractivity contribution is -0.139. The molecule has 0 aromatic heterocycles. The Bertz CT molecular complexity index is 495. The van der Waals surface area contributed by atoms with E-state index in [1.807, 2.05) is 0 Å². The third-order valence-corrected chi connectivity index (χ3v) is 6.01. The molecule has 0 rings (SSSR count). The fraction of sp³-hybridized carbons (Fsp3) is 0.889.